The summed E-state index contributed by atoms with van der Waals surface area (Å²) in [5.41, 5.74) is 0.363. The fraction of sp³-hybridized carbons (Fsp3) is 0.417. The first-order valence-electron chi connectivity index (χ1n) is 5.47. The van der Waals surface area contributed by atoms with Crippen LogP contribution in [0.4, 0.5) is 0 Å². The van der Waals surface area contributed by atoms with Crippen LogP contribution in [-0.2, 0) is 4.74 Å². The molecule has 0 saturated carbocycles. The highest BCUT2D eigenvalue weighted by molar-refractivity contribution is 6.32. The minimum atomic E-state index is -0.261. The average Bonchev–Trinajstić information content (AvgIpc) is 2.37. The van der Waals surface area contributed by atoms with Crippen molar-refractivity contribution in [2.24, 2.45) is 0 Å². The third kappa shape index (κ3) is 3.87. The van der Waals surface area contributed by atoms with Crippen molar-refractivity contribution < 1.29 is 19.7 Å². The van der Waals surface area contributed by atoms with Crippen molar-refractivity contribution in [1.29, 1.82) is 0 Å². The molecule has 0 atom stereocenters. The Bertz CT molecular complexity index is 411. The van der Waals surface area contributed by atoms with Gasteiger partial charge in [-0.1, -0.05) is 11.6 Å². The average molecular weight is 274 g/mol. The number of hydrogen-bond acceptors (Lipinski definition) is 4. The summed E-state index contributed by atoms with van der Waals surface area (Å²) in [6, 6.07) is 4.25. The summed E-state index contributed by atoms with van der Waals surface area (Å²) in [5.74, 6) is -0.332. The molecule has 0 saturated heterocycles. The van der Waals surface area contributed by atoms with E-state index in [0.29, 0.717) is 18.7 Å². The zero-order valence-corrected chi connectivity index (χ0v) is 10.9. The van der Waals surface area contributed by atoms with E-state index in [2.05, 4.69) is 0 Å². The number of benzene rings is 1. The molecule has 0 fully saturated rings. The molecule has 0 aliphatic carbocycles. The highest BCUT2D eigenvalue weighted by Crippen LogP contribution is 2.24. The molecule has 100 valence electrons. The van der Waals surface area contributed by atoms with E-state index in [0.717, 1.165) is 0 Å². The third-order valence-corrected chi connectivity index (χ3v) is 2.72. The molecule has 0 aromatic heterocycles. The number of aliphatic hydroxyl groups is 1. The van der Waals surface area contributed by atoms with Crippen molar-refractivity contribution in [2.45, 2.75) is 0 Å². The predicted molar refractivity (Wildman–Crippen MR) is 68.0 cm³/mol. The van der Waals surface area contributed by atoms with Crippen molar-refractivity contribution in [1.82, 2.24) is 4.90 Å². The monoisotopic (exact) mass is 273 g/mol. The number of aliphatic hydroxyl groups excluding tert-OH is 1. The van der Waals surface area contributed by atoms with Crippen LogP contribution in [0.1, 0.15) is 10.4 Å². The molecule has 0 aliphatic heterocycles. The van der Waals surface area contributed by atoms with E-state index in [1.807, 2.05) is 0 Å². The highest BCUT2D eigenvalue weighted by atomic mass is 35.5. The Morgan fingerprint density at radius 1 is 1.44 bits per heavy atom. The Hall–Kier alpha value is -1.30. The molecule has 0 unspecified atom stereocenters. The van der Waals surface area contributed by atoms with E-state index < -0.39 is 0 Å². The molecular weight excluding hydrogens is 258 g/mol. The number of phenols is 1. The molecule has 0 bridgehead atoms. The van der Waals surface area contributed by atoms with Crippen molar-refractivity contribution in [3.63, 3.8) is 0 Å². The normalized spacial score (nSPS) is 10.4. The van der Waals surface area contributed by atoms with Crippen LogP contribution in [0.25, 0.3) is 0 Å². The summed E-state index contributed by atoms with van der Waals surface area (Å²) in [5, 5.41) is 18.3. The Morgan fingerprint density at radius 2 is 2.17 bits per heavy atom. The summed E-state index contributed by atoms with van der Waals surface area (Å²) < 4.78 is 4.91. The van der Waals surface area contributed by atoms with Crippen LogP contribution in [0.5, 0.6) is 5.75 Å². The Morgan fingerprint density at radius 3 is 2.72 bits per heavy atom. The maximum atomic E-state index is 12.1. The molecule has 0 radical (unpaired) electrons. The van der Waals surface area contributed by atoms with E-state index in [1.54, 1.807) is 7.11 Å². The fourth-order valence-electron chi connectivity index (χ4n) is 1.46. The minimum absolute atomic E-state index is 0.0705. The lowest BCUT2D eigenvalue weighted by Gasteiger charge is -2.21. The van der Waals surface area contributed by atoms with Gasteiger partial charge >= 0.3 is 0 Å². The number of hydrogen-bond donors (Lipinski definition) is 2. The van der Waals surface area contributed by atoms with E-state index in [1.165, 1.54) is 23.1 Å². The van der Waals surface area contributed by atoms with Gasteiger partial charge in [-0.25, -0.2) is 0 Å². The first-order chi connectivity index (χ1) is 8.60. The van der Waals surface area contributed by atoms with E-state index in [9.17, 15) is 9.90 Å². The van der Waals surface area contributed by atoms with Crippen LogP contribution >= 0.6 is 11.6 Å². The van der Waals surface area contributed by atoms with Crippen molar-refractivity contribution in [2.75, 3.05) is 33.4 Å². The molecule has 0 heterocycles. The molecular formula is C12H16ClNO4. The fourth-order valence-corrected chi connectivity index (χ4v) is 1.64. The molecule has 18 heavy (non-hydrogen) atoms. The van der Waals surface area contributed by atoms with Gasteiger partial charge in [0.25, 0.3) is 5.91 Å². The van der Waals surface area contributed by atoms with Crippen molar-refractivity contribution in [3.8, 4) is 5.75 Å². The summed E-state index contributed by atoms with van der Waals surface area (Å²) in [7, 11) is 1.54. The lowest BCUT2D eigenvalue weighted by atomic mass is 10.2. The van der Waals surface area contributed by atoms with Gasteiger partial charge in [0.05, 0.1) is 18.2 Å². The number of aromatic hydroxyl groups is 1. The van der Waals surface area contributed by atoms with Crippen LogP contribution in [-0.4, -0.2) is 54.4 Å². The number of rotatable bonds is 6. The lowest BCUT2D eigenvalue weighted by molar-refractivity contribution is 0.0656. The summed E-state index contributed by atoms with van der Waals surface area (Å²) in [6.45, 7) is 0.869. The van der Waals surface area contributed by atoms with E-state index in [-0.39, 0.29) is 29.8 Å². The van der Waals surface area contributed by atoms with Crippen molar-refractivity contribution >= 4 is 17.5 Å². The van der Waals surface area contributed by atoms with Gasteiger partial charge in [-0.05, 0) is 18.2 Å². The zero-order valence-electron chi connectivity index (χ0n) is 10.1. The van der Waals surface area contributed by atoms with E-state index >= 15 is 0 Å². The maximum Gasteiger partial charge on any atom is 0.254 e. The molecule has 1 aromatic rings. The standard InChI is InChI=1S/C12H16ClNO4/c1-18-7-5-14(4-6-15)12(17)9-2-3-11(16)10(13)8-9/h2-3,8,15-16H,4-7H2,1H3. The third-order valence-electron chi connectivity index (χ3n) is 2.42. The topological polar surface area (TPSA) is 70.0 Å². The number of carbonyl (C=O) groups is 1. The lowest BCUT2D eigenvalue weighted by Crippen LogP contribution is -2.36. The largest absolute Gasteiger partial charge is 0.506 e. The SMILES string of the molecule is COCCN(CCO)C(=O)c1ccc(O)c(Cl)c1. The summed E-state index contributed by atoms with van der Waals surface area (Å²) in [6.07, 6.45) is 0. The first-order valence-corrected chi connectivity index (χ1v) is 5.85. The molecule has 5 nitrogen and oxygen atoms in total. The number of phenolic OH excluding ortho intramolecular Hbond substituents is 1. The van der Waals surface area contributed by atoms with Crippen LogP contribution in [0.2, 0.25) is 5.02 Å². The van der Waals surface area contributed by atoms with Gasteiger partial charge in [0.2, 0.25) is 0 Å². The summed E-state index contributed by atoms with van der Waals surface area (Å²) >= 11 is 5.75. The van der Waals surface area contributed by atoms with Gasteiger partial charge in [-0.2, -0.15) is 0 Å². The number of nitrogens with zero attached hydrogens (tertiary/aromatic N) is 1. The second kappa shape index (κ2) is 7.20. The number of halogens is 1. The summed E-state index contributed by atoms with van der Waals surface area (Å²) in [4.78, 5) is 13.6. The number of ether oxygens (including phenoxy) is 1. The molecule has 2 N–H and O–H groups in total. The van der Waals surface area contributed by atoms with Crippen LogP contribution in [0.15, 0.2) is 18.2 Å². The number of methoxy groups -OCH3 is 1. The number of amides is 1. The Kier molecular flexibility index (Phi) is 5.91. The second-order valence-corrected chi connectivity index (χ2v) is 4.08. The van der Waals surface area contributed by atoms with Gasteiger partial charge in [-0.15, -0.1) is 0 Å². The molecule has 1 amide bonds. The molecule has 0 aliphatic rings. The molecule has 0 spiro atoms. The Labute approximate surface area is 111 Å². The molecule has 1 aromatic carbocycles. The molecule has 6 heteroatoms. The quantitative estimate of drug-likeness (QED) is 0.815. The van der Waals surface area contributed by atoms with Crippen LogP contribution < -0.4 is 0 Å². The van der Waals surface area contributed by atoms with Gasteiger partial charge in [0.1, 0.15) is 5.75 Å². The second-order valence-electron chi connectivity index (χ2n) is 3.67. The van der Waals surface area contributed by atoms with Crippen molar-refractivity contribution in [3.05, 3.63) is 28.8 Å². The Balaban J connectivity index is 2.83. The van der Waals surface area contributed by atoms with E-state index in [4.69, 9.17) is 21.4 Å². The number of carbonyl (C=O) groups excluding carboxylic acids is 1. The van der Waals surface area contributed by atoms with Gasteiger partial charge in [-0.3, -0.25) is 4.79 Å². The first kappa shape index (κ1) is 14.8. The minimum Gasteiger partial charge on any atom is -0.506 e. The smallest absolute Gasteiger partial charge is 0.254 e. The predicted octanol–water partition coefficient (Wildman–Crippen LogP) is 1.13. The van der Waals surface area contributed by atoms with Crippen LogP contribution in [0, 0.1) is 0 Å². The molecule has 1 rings (SSSR count). The van der Waals surface area contributed by atoms with Gasteiger partial charge < -0.3 is 19.8 Å². The van der Waals surface area contributed by atoms with Gasteiger partial charge in [0.15, 0.2) is 0 Å². The van der Waals surface area contributed by atoms with Gasteiger partial charge in [0, 0.05) is 25.8 Å². The zero-order chi connectivity index (χ0) is 13.5. The van der Waals surface area contributed by atoms with Crippen LogP contribution in [0.3, 0.4) is 0 Å². The maximum absolute atomic E-state index is 12.1. The highest BCUT2D eigenvalue weighted by Gasteiger charge is 2.16.